The van der Waals surface area contributed by atoms with Crippen LogP contribution in [0.3, 0.4) is 0 Å². The Morgan fingerprint density at radius 1 is 1.10 bits per heavy atom. The molecule has 0 saturated carbocycles. The van der Waals surface area contributed by atoms with Gasteiger partial charge in [0, 0.05) is 28.4 Å². The zero-order valence-corrected chi connectivity index (χ0v) is 17.0. The van der Waals surface area contributed by atoms with Gasteiger partial charge in [-0.25, -0.2) is 0 Å². The molecule has 5 nitrogen and oxygen atoms in total. The lowest BCUT2D eigenvalue weighted by Gasteiger charge is -2.08. The number of H-pyrrole nitrogens is 1. The van der Waals surface area contributed by atoms with Gasteiger partial charge < -0.3 is 5.32 Å². The summed E-state index contributed by atoms with van der Waals surface area (Å²) in [7, 11) is 1.64. The van der Waals surface area contributed by atoms with Gasteiger partial charge in [-0.1, -0.05) is 30.0 Å². The molecule has 2 heterocycles. The summed E-state index contributed by atoms with van der Waals surface area (Å²) in [6.07, 6.45) is 3.85. The van der Waals surface area contributed by atoms with Crippen LogP contribution in [0.1, 0.15) is 28.7 Å². The van der Waals surface area contributed by atoms with Gasteiger partial charge in [-0.05, 0) is 61.0 Å². The number of carbonyl (C=O) groups excluding carboxylic acids is 1. The lowest BCUT2D eigenvalue weighted by atomic mass is 10.1. The third-order valence-corrected chi connectivity index (χ3v) is 5.64. The highest BCUT2D eigenvalue weighted by Gasteiger charge is 2.12. The maximum absolute atomic E-state index is 12.1. The molecule has 0 unspecified atom stereocenters. The molecule has 0 saturated heterocycles. The Kier molecular flexibility index (Phi) is 5.44. The van der Waals surface area contributed by atoms with Crippen LogP contribution < -0.4 is 5.32 Å². The molecule has 1 amide bonds. The fourth-order valence-electron chi connectivity index (χ4n) is 3.08. The summed E-state index contributed by atoms with van der Waals surface area (Å²) in [5.41, 5.74) is 4.50. The van der Waals surface area contributed by atoms with Gasteiger partial charge in [0.1, 0.15) is 0 Å². The number of hydrogen-bond acceptors (Lipinski definition) is 4. The van der Waals surface area contributed by atoms with E-state index in [4.69, 9.17) is 0 Å². The van der Waals surface area contributed by atoms with Gasteiger partial charge in [0.25, 0.3) is 5.91 Å². The van der Waals surface area contributed by atoms with E-state index in [-0.39, 0.29) is 5.91 Å². The van der Waals surface area contributed by atoms with E-state index >= 15 is 0 Å². The molecule has 0 aliphatic rings. The monoisotopic (exact) mass is 400 g/mol. The second kappa shape index (κ2) is 8.32. The summed E-state index contributed by atoms with van der Waals surface area (Å²) in [5.74, 6) is -0.0913. The molecule has 2 aromatic carbocycles. The van der Waals surface area contributed by atoms with Gasteiger partial charge in [-0.2, -0.15) is 5.10 Å². The van der Waals surface area contributed by atoms with Crippen molar-refractivity contribution in [1.82, 2.24) is 20.5 Å². The molecule has 2 aromatic heterocycles. The van der Waals surface area contributed by atoms with Crippen LogP contribution >= 0.6 is 11.8 Å². The molecule has 2 N–H and O–H groups in total. The number of carbonyl (C=O) groups is 1. The van der Waals surface area contributed by atoms with Gasteiger partial charge >= 0.3 is 0 Å². The number of aromatic nitrogens is 3. The summed E-state index contributed by atoms with van der Waals surface area (Å²) < 4.78 is 0. The average molecular weight is 401 g/mol. The number of benzene rings is 2. The summed E-state index contributed by atoms with van der Waals surface area (Å²) in [6, 6.07) is 19.6. The van der Waals surface area contributed by atoms with E-state index in [1.165, 1.54) is 0 Å². The predicted molar refractivity (Wildman–Crippen MR) is 118 cm³/mol. The normalized spacial score (nSPS) is 11.6. The van der Waals surface area contributed by atoms with Crippen LogP contribution in [0.2, 0.25) is 0 Å². The van der Waals surface area contributed by atoms with Gasteiger partial charge in [0.2, 0.25) is 0 Å². The number of pyridine rings is 1. The van der Waals surface area contributed by atoms with Crippen molar-refractivity contribution in [3.8, 4) is 0 Å². The zero-order valence-electron chi connectivity index (χ0n) is 16.1. The Hall–Kier alpha value is -3.38. The van der Waals surface area contributed by atoms with Crippen LogP contribution in [0.15, 0.2) is 76.7 Å². The van der Waals surface area contributed by atoms with Crippen molar-refractivity contribution in [1.29, 1.82) is 0 Å². The molecule has 29 heavy (non-hydrogen) atoms. The molecule has 0 atom stereocenters. The lowest BCUT2D eigenvalue weighted by molar-refractivity contribution is 0.0960. The lowest BCUT2D eigenvalue weighted by Crippen LogP contribution is -2.18. The van der Waals surface area contributed by atoms with E-state index < -0.39 is 0 Å². The van der Waals surface area contributed by atoms with Crippen molar-refractivity contribution in [2.45, 2.75) is 16.7 Å². The topological polar surface area (TPSA) is 70.7 Å². The highest BCUT2D eigenvalue weighted by molar-refractivity contribution is 7.99. The minimum atomic E-state index is -0.0913. The number of hydrogen-bond donors (Lipinski definition) is 2. The fourth-order valence-corrected chi connectivity index (χ4v) is 4.06. The average Bonchev–Trinajstić information content (AvgIpc) is 3.16. The maximum Gasteiger partial charge on any atom is 0.252 e. The minimum absolute atomic E-state index is 0.0913. The Morgan fingerprint density at radius 2 is 1.93 bits per heavy atom. The third-order valence-electron chi connectivity index (χ3n) is 4.57. The van der Waals surface area contributed by atoms with Crippen LogP contribution in [-0.2, 0) is 0 Å². The number of aromatic amines is 1. The molecule has 0 fully saturated rings. The summed E-state index contributed by atoms with van der Waals surface area (Å²) in [4.78, 5) is 18.4. The molecule has 4 rings (SSSR count). The van der Waals surface area contributed by atoms with Gasteiger partial charge in [-0.3, -0.25) is 14.9 Å². The number of nitrogens with zero attached hydrogens (tertiary/aromatic N) is 2. The second-order valence-corrected chi connectivity index (χ2v) is 7.65. The van der Waals surface area contributed by atoms with Crippen LogP contribution in [-0.4, -0.2) is 28.1 Å². The van der Waals surface area contributed by atoms with Crippen molar-refractivity contribution in [2.24, 2.45) is 0 Å². The maximum atomic E-state index is 12.1. The van der Waals surface area contributed by atoms with E-state index in [1.54, 1.807) is 25.0 Å². The minimum Gasteiger partial charge on any atom is -0.355 e. The highest BCUT2D eigenvalue weighted by atomic mass is 32.2. The van der Waals surface area contributed by atoms with Crippen molar-refractivity contribution in [3.63, 3.8) is 0 Å². The molecule has 6 heteroatoms. The molecule has 0 aliphatic carbocycles. The highest BCUT2D eigenvalue weighted by Crippen LogP contribution is 2.33. The first kappa shape index (κ1) is 19.0. The van der Waals surface area contributed by atoms with Crippen molar-refractivity contribution in [3.05, 3.63) is 83.8 Å². The number of rotatable bonds is 5. The van der Waals surface area contributed by atoms with E-state index in [1.807, 2.05) is 55.5 Å². The van der Waals surface area contributed by atoms with Crippen LogP contribution in [0, 0.1) is 0 Å². The van der Waals surface area contributed by atoms with E-state index in [9.17, 15) is 4.79 Å². The fraction of sp³-hybridized carbons (Fsp3) is 0.0870. The number of fused-ring (bicyclic) bond motifs is 1. The van der Waals surface area contributed by atoms with Crippen molar-refractivity contribution in [2.75, 3.05) is 7.05 Å². The molecule has 0 bridgehead atoms. The van der Waals surface area contributed by atoms with E-state index in [2.05, 4.69) is 38.7 Å². The van der Waals surface area contributed by atoms with Crippen molar-refractivity contribution < 1.29 is 4.79 Å². The first-order chi connectivity index (χ1) is 14.2. The van der Waals surface area contributed by atoms with Crippen LogP contribution in [0.5, 0.6) is 0 Å². The van der Waals surface area contributed by atoms with Gasteiger partial charge in [0.15, 0.2) is 0 Å². The smallest absolute Gasteiger partial charge is 0.252 e. The summed E-state index contributed by atoms with van der Waals surface area (Å²) in [6.45, 7) is 2.04. The van der Waals surface area contributed by atoms with Gasteiger partial charge in [-0.15, -0.1) is 0 Å². The molecule has 4 aromatic rings. The Morgan fingerprint density at radius 3 is 2.72 bits per heavy atom. The zero-order chi connectivity index (χ0) is 20.2. The number of amides is 1. The number of nitrogens with one attached hydrogen (secondary N) is 2. The van der Waals surface area contributed by atoms with Crippen LogP contribution in [0.4, 0.5) is 0 Å². The van der Waals surface area contributed by atoms with Crippen LogP contribution in [0.25, 0.3) is 22.6 Å². The third kappa shape index (κ3) is 4.07. The van der Waals surface area contributed by atoms with Gasteiger partial charge in [0.05, 0.1) is 22.5 Å². The van der Waals surface area contributed by atoms with E-state index in [0.717, 1.165) is 37.7 Å². The molecule has 0 radical (unpaired) electrons. The summed E-state index contributed by atoms with van der Waals surface area (Å²) >= 11 is 1.55. The Balaban J connectivity index is 1.64. The number of allylic oxidation sites excluding steroid dienone is 1. The quantitative estimate of drug-likeness (QED) is 0.493. The molecule has 144 valence electrons. The van der Waals surface area contributed by atoms with Crippen molar-refractivity contribution >= 4 is 40.2 Å². The second-order valence-electron chi connectivity index (χ2n) is 6.54. The largest absolute Gasteiger partial charge is 0.355 e. The first-order valence-corrected chi connectivity index (χ1v) is 10.0. The molecular weight excluding hydrogens is 380 g/mol. The predicted octanol–water partition coefficient (Wildman–Crippen LogP) is 5.03. The molecular formula is C23H20N4OS. The molecule has 0 spiro atoms. The Labute approximate surface area is 173 Å². The van der Waals surface area contributed by atoms with E-state index in [0.29, 0.717) is 5.56 Å². The first-order valence-electron chi connectivity index (χ1n) is 9.22. The SMILES string of the molecule is CNC(=O)c1ccccc1Sc1ccc2c(/C=C(\C)c3ccccn3)[nH]nc2c1. The standard InChI is InChI=1S/C23H20N4OS/c1-15(19-8-5-6-12-25-19)13-20-17-11-10-16(14-21(17)27-26-20)29-22-9-4-3-7-18(22)23(28)24-2/h3-14H,1-2H3,(H,24,28)(H,26,27)/b15-13+. The Bertz CT molecular complexity index is 1200. The summed E-state index contributed by atoms with van der Waals surface area (Å²) in [5, 5.41) is 11.3. The molecule has 0 aliphatic heterocycles.